The summed E-state index contributed by atoms with van der Waals surface area (Å²) in [6, 6.07) is 5.11. The lowest BCUT2D eigenvalue weighted by Gasteiger charge is -2.18. The number of hydrogen-bond donors (Lipinski definition) is 2. The zero-order valence-electron chi connectivity index (χ0n) is 10.5. The summed E-state index contributed by atoms with van der Waals surface area (Å²) in [4.78, 5) is 0.199. The zero-order valence-corrected chi connectivity index (χ0v) is 11.3. The minimum Gasteiger partial charge on any atom is -0.398 e. The van der Waals surface area contributed by atoms with Crippen molar-refractivity contribution in [3.8, 4) is 0 Å². The van der Waals surface area contributed by atoms with E-state index < -0.39 is 9.84 Å². The number of aryl methyl sites for hydroxylation is 1. The molecule has 0 fully saturated rings. The molecule has 0 saturated heterocycles. The smallest absolute Gasteiger partial charge is 0.177 e. The molecule has 0 heterocycles. The van der Waals surface area contributed by atoms with E-state index in [-0.39, 0.29) is 10.4 Å². The van der Waals surface area contributed by atoms with Gasteiger partial charge in [-0.15, -0.1) is 0 Å². The van der Waals surface area contributed by atoms with Gasteiger partial charge in [0, 0.05) is 11.8 Å². The number of anilines is 1. The molecule has 0 aliphatic rings. The Morgan fingerprint density at radius 2 is 1.88 bits per heavy atom. The topological polar surface area (TPSA) is 86.2 Å². The van der Waals surface area contributed by atoms with Crippen LogP contribution in [-0.4, -0.2) is 20.2 Å². The Balaban J connectivity index is 2.98. The van der Waals surface area contributed by atoms with Crippen LogP contribution in [0.25, 0.3) is 0 Å². The summed E-state index contributed by atoms with van der Waals surface area (Å²) < 4.78 is 23.0. The summed E-state index contributed by atoms with van der Waals surface area (Å²) in [6.07, 6.45) is 2.70. The molecule has 0 spiro atoms. The molecule has 0 bridgehead atoms. The maximum absolute atomic E-state index is 11.5. The molecule has 0 amide bonds. The molecule has 4 nitrogen and oxygen atoms in total. The Labute approximate surface area is 103 Å². The van der Waals surface area contributed by atoms with Crippen molar-refractivity contribution in [3.05, 3.63) is 23.8 Å². The third-order valence-electron chi connectivity index (χ3n) is 2.54. The molecule has 5 heteroatoms. The molecule has 1 aromatic carbocycles. The fourth-order valence-electron chi connectivity index (χ4n) is 1.52. The fourth-order valence-corrected chi connectivity index (χ4v) is 2.38. The lowest BCUT2D eigenvalue weighted by molar-refractivity contribution is 0.477. The zero-order chi connectivity index (χ0) is 13.3. The predicted molar refractivity (Wildman–Crippen MR) is 70.6 cm³/mol. The maximum Gasteiger partial charge on any atom is 0.177 e. The summed E-state index contributed by atoms with van der Waals surface area (Å²) in [6.45, 7) is 3.89. The normalized spacial score (nSPS) is 12.7. The first-order chi connectivity index (χ1) is 7.59. The van der Waals surface area contributed by atoms with E-state index in [0.717, 1.165) is 24.7 Å². The fraction of sp³-hybridized carbons (Fsp3) is 0.500. The highest BCUT2D eigenvalue weighted by Gasteiger charge is 2.14. The Morgan fingerprint density at radius 3 is 2.35 bits per heavy atom. The largest absolute Gasteiger partial charge is 0.398 e. The van der Waals surface area contributed by atoms with Gasteiger partial charge >= 0.3 is 0 Å². The van der Waals surface area contributed by atoms with Crippen LogP contribution in [0.2, 0.25) is 0 Å². The van der Waals surface area contributed by atoms with Gasteiger partial charge in [0.25, 0.3) is 0 Å². The monoisotopic (exact) mass is 256 g/mol. The first-order valence-corrected chi connectivity index (χ1v) is 7.36. The van der Waals surface area contributed by atoms with Crippen LogP contribution in [0.5, 0.6) is 0 Å². The second-order valence-electron chi connectivity index (χ2n) is 5.13. The van der Waals surface area contributed by atoms with Gasteiger partial charge in [0.1, 0.15) is 0 Å². The summed E-state index contributed by atoms with van der Waals surface area (Å²) in [7, 11) is -3.27. The summed E-state index contributed by atoms with van der Waals surface area (Å²) in [5, 5.41) is 0. The van der Waals surface area contributed by atoms with Gasteiger partial charge in [-0.2, -0.15) is 0 Å². The van der Waals surface area contributed by atoms with Crippen LogP contribution in [0.3, 0.4) is 0 Å². The summed E-state index contributed by atoms with van der Waals surface area (Å²) in [5.41, 5.74) is 12.5. The quantitative estimate of drug-likeness (QED) is 0.796. The molecule has 0 aliphatic heterocycles. The standard InChI is InChI=1S/C12H20N2O2S/c1-12(2,14)7-6-9-4-5-10(13)11(8-9)17(3,15)16/h4-5,8H,6-7,13-14H2,1-3H3. The van der Waals surface area contributed by atoms with Gasteiger partial charge in [-0.3, -0.25) is 0 Å². The van der Waals surface area contributed by atoms with Crippen LogP contribution in [0.1, 0.15) is 25.8 Å². The molecule has 1 aromatic rings. The minimum absolute atomic E-state index is 0.199. The van der Waals surface area contributed by atoms with Gasteiger partial charge in [0.2, 0.25) is 0 Å². The van der Waals surface area contributed by atoms with Gasteiger partial charge in [0.05, 0.1) is 10.6 Å². The van der Waals surface area contributed by atoms with Crippen LogP contribution in [0.15, 0.2) is 23.1 Å². The van der Waals surface area contributed by atoms with Crippen molar-refractivity contribution < 1.29 is 8.42 Å². The first-order valence-electron chi connectivity index (χ1n) is 5.47. The van der Waals surface area contributed by atoms with Crippen LogP contribution in [-0.2, 0) is 16.3 Å². The molecular weight excluding hydrogens is 236 g/mol. The highest BCUT2D eigenvalue weighted by Crippen LogP contribution is 2.21. The summed E-state index contributed by atoms with van der Waals surface area (Å²) in [5.74, 6) is 0. The van der Waals surface area contributed by atoms with Crippen molar-refractivity contribution in [2.75, 3.05) is 12.0 Å². The number of benzene rings is 1. The Bertz CT molecular complexity index is 502. The van der Waals surface area contributed by atoms with Gasteiger partial charge < -0.3 is 11.5 Å². The molecule has 0 aromatic heterocycles. The molecule has 0 aliphatic carbocycles. The van der Waals surface area contributed by atoms with Crippen LogP contribution in [0, 0.1) is 0 Å². The Hall–Kier alpha value is -1.07. The molecule has 1 rings (SSSR count). The Morgan fingerprint density at radius 1 is 1.29 bits per heavy atom. The van der Waals surface area contributed by atoms with Gasteiger partial charge in [-0.05, 0) is 44.4 Å². The van der Waals surface area contributed by atoms with Gasteiger partial charge in [-0.25, -0.2) is 8.42 Å². The lowest BCUT2D eigenvalue weighted by atomic mass is 9.96. The van der Waals surface area contributed by atoms with E-state index in [9.17, 15) is 8.42 Å². The van der Waals surface area contributed by atoms with E-state index >= 15 is 0 Å². The number of rotatable bonds is 4. The van der Waals surface area contributed by atoms with Crippen molar-refractivity contribution in [2.45, 2.75) is 37.1 Å². The van der Waals surface area contributed by atoms with Crippen LogP contribution < -0.4 is 11.5 Å². The second kappa shape index (κ2) is 4.66. The first kappa shape index (κ1) is 14.0. The van der Waals surface area contributed by atoms with Crippen molar-refractivity contribution in [3.63, 3.8) is 0 Å². The third-order valence-corrected chi connectivity index (χ3v) is 3.69. The van der Waals surface area contributed by atoms with Gasteiger partial charge in [0.15, 0.2) is 9.84 Å². The lowest BCUT2D eigenvalue weighted by Crippen LogP contribution is -2.32. The van der Waals surface area contributed by atoms with Gasteiger partial charge in [-0.1, -0.05) is 6.07 Å². The molecule has 4 N–H and O–H groups in total. The average Bonchev–Trinajstić information content (AvgIpc) is 2.13. The van der Waals surface area contributed by atoms with E-state index in [1.807, 2.05) is 19.9 Å². The molecule has 96 valence electrons. The van der Waals surface area contributed by atoms with E-state index in [0.29, 0.717) is 5.69 Å². The van der Waals surface area contributed by atoms with Crippen molar-refractivity contribution in [2.24, 2.45) is 5.73 Å². The van der Waals surface area contributed by atoms with Crippen molar-refractivity contribution >= 4 is 15.5 Å². The number of nitrogen functional groups attached to an aromatic ring is 1. The maximum atomic E-state index is 11.5. The molecule has 0 saturated carbocycles. The van der Waals surface area contributed by atoms with E-state index in [1.165, 1.54) is 0 Å². The van der Waals surface area contributed by atoms with Crippen molar-refractivity contribution in [1.82, 2.24) is 0 Å². The number of hydrogen-bond acceptors (Lipinski definition) is 4. The number of sulfone groups is 1. The molecular formula is C12H20N2O2S. The summed E-state index contributed by atoms with van der Waals surface area (Å²) >= 11 is 0. The second-order valence-corrected chi connectivity index (χ2v) is 7.12. The SMILES string of the molecule is CC(C)(N)CCc1ccc(N)c(S(C)(=O)=O)c1. The van der Waals surface area contributed by atoms with Crippen LogP contribution >= 0.6 is 0 Å². The molecule has 17 heavy (non-hydrogen) atoms. The Kier molecular flexibility index (Phi) is 3.84. The molecule has 0 atom stereocenters. The molecule has 0 unspecified atom stereocenters. The molecule has 0 radical (unpaired) electrons. The highest BCUT2D eigenvalue weighted by molar-refractivity contribution is 7.90. The minimum atomic E-state index is -3.27. The number of nitrogens with two attached hydrogens (primary N) is 2. The van der Waals surface area contributed by atoms with Crippen LogP contribution in [0.4, 0.5) is 5.69 Å². The average molecular weight is 256 g/mol. The van der Waals surface area contributed by atoms with E-state index in [2.05, 4.69) is 0 Å². The van der Waals surface area contributed by atoms with Crippen molar-refractivity contribution in [1.29, 1.82) is 0 Å². The van der Waals surface area contributed by atoms with E-state index in [1.54, 1.807) is 12.1 Å². The predicted octanol–water partition coefficient (Wildman–Crippen LogP) is 1.34. The van der Waals surface area contributed by atoms with E-state index in [4.69, 9.17) is 11.5 Å². The third kappa shape index (κ3) is 4.36. The highest BCUT2D eigenvalue weighted by atomic mass is 32.2.